The van der Waals surface area contributed by atoms with E-state index in [1.165, 1.54) is 18.2 Å². The summed E-state index contributed by atoms with van der Waals surface area (Å²) in [5.74, 6) is -0.567. The predicted molar refractivity (Wildman–Crippen MR) is 127 cm³/mol. The molecule has 1 amide bonds. The molecule has 3 aromatic rings. The second-order valence-corrected chi connectivity index (χ2v) is 10.6. The van der Waals surface area contributed by atoms with Gasteiger partial charge in [0, 0.05) is 15.6 Å². The van der Waals surface area contributed by atoms with Crippen molar-refractivity contribution in [3.05, 3.63) is 57.5 Å². The average molecular weight is 520 g/mol. The smallest absolute Gasteiger partial charge is 0.250 e. The van der Waals surface area contributed by atoms with Crippen LogP contribution in [-0.2, 0) is 14.8 Å². The highest BCUT2D eigenvalue weighted by Gasteiger charge is 2.33. The van der Waals surface area contributed by atoms with Crippen LogP contribution in [0, 0.1) is 0 Å². The second kappa shape index (κ2) is 9.70. The van der Waals surface area contributed by atoms with E-state index < -0.39 is 22.0 Å². The summed E-state index contributed by atoms with van der Waals surface area (Å²) in [6, 6.07) is 10.4. The topological polar surface area (TPSA) is 92.3 Å². The van der Waals surface area contributed by atoms with Gasteiger partial charge in [0.25, 0.3) is 0 Å². The van der Waals surface area contributed by atoms with Gasteiger partial charge in [-0.25, -0.2) is 8.42 Å². The number of carbonyl (C=O) groups excluding carboxylic acids is 1. The molecule has 0 aliphatic carbocycles. The lowest BCUT2D eigenvalue weighted by molar-refractivity contribution is -0.117. The van der Waals surface area contributed by atoms with Crippen molar-refractivity contribution in [2.24, 2.45) is 0 Å². The van der Waals surface area contributed by atoms with Crippen molar-refractivity contribution < 1.29 is 13.2 Å². The van der Waals surface area contributed by atoms with E-state index >= 15 is 0 Å². The summed E-state index contributed by atoms with van der Waals surface area (Å²) in [6.45, 7) is 1.69. The first kappa shape index (κ1) is 23.7. The Morgan fingerprint density at radius 2 is 1.74 bits per heavy atom. The van der Waals surface area contributed by atoms with Crippen molar-refractivity contribution in [1.29, 1.82) is 0 Å². The van der Waals surface area contributed by atoms with E-state index in [0.29, 0.717) is 15.1 Å². The third-order valence-corrected chi connectivity index (χ3v) is 7.08. The Bertz CT molecular complexity index is 1200. The van der Waals surface area contributed by atoms with Crippen LogP contribution in [0.1, 0.15) is 13.3 Å². The molecule has 1 unspecified atom stereocenters. The average Bonchev–Trinajstić information content (AvgIpc) is 3.16. The van der Waals surface area contributed by atoms with Gasteiger partial charge >= 0.3 is 0 Å². The summed E-state index contributed by atoms with van der Waals surface area (Å²) in [6.07, 6.45) is 1.19. The molecule has 31 heavy (non-hydrogen) atoms. The van der Waals surface area contributed by atoms with Crippen molar-refractivity contribution in [2.75, 3.05) is 15.9 Å². The molecule has 2 aromatic carbocycles. The van der Waals surface area contributed by atoms with E-state index in [4.69, 9.17) is 34.8 Å². The van der Waals surface area contributed by atoms with Crippen LogP contribution in [0.15, 0.2) is 42.5 Å². The van der Waals surface area contributed by atoms with E-state index in [-0.39, 0.29) is 22.3 Å². The maximum Gasteiger partial charge on any atom is 0.250 e. The van der Waals surface area contributed by atoms with Gasteiger partial charge in [-0.3, -0.25) is 14.4 Å². The molecule has 0 radical (unpaired) electrons. The van der Waals surface area contributed by atoms with Crippen molar-refractivity contribution in [1.82, 2.24) is 10.2 Å². The van der Waals surface area contributed by atoms with Crippen LogP contribution in [0.5, 0.6) is 0 Å². The zero-order valence-corrected chi connectivity index (χ0v) is 20.2. The van der Waals surface area contributed by atoms with Gasteiger partial charge in [0.1, 0.15) is 11.0 Å². The maximum absolute atomic E-state index is 13.0. The lowest BCUT2D eigenvalue weighted by Crippen LogP contribution is -2.47. The van der Waals surface area contributed by atoms with E-state index in [2.05, 4.69) is 15.5 Å². The monoisotopic (exact) mass is 518 g/mol. The molecule has 0 spiro atoms. The molecule has 1 aromatic heterocycles. The van der Waals surface area contributed by atoms with E-state index in [1.54, 1.807) is 31.2 Å². The molecule has 1 N–H and O–H groups in total. The SMILES string of the molecule is CCC(C(=O)Nc1nnc(-c2ccc(Cl)cc2)s1)N(c1cc(Cl)ccc1Cl)S(C)(=O)=O. The zero-order valence-electron chi connectivity index (χ0n) is 16.3. The van der Waals surface area contributed by atoms with Gasteiger partial charge in [0.05, 0.1) is 17.0 Å². The number of aromatic nitrogens is 2. The van der Waals surface area contributed by atoms with Gasteiger partial charge in [-0.15, -0.1) is 10.2 Å². The molecular weight excluding hydrogens is 503 g/mol. The van der Waals surface area contributed by atoms with Crippen molar-refractivity contribution in [3.63, 3.8) is 0 Å². The van der Waals surface area contributed by atoms with Crippen molar-refractivity contribution in [2.45, 2.75) is 19.4 Å². The van der Waals surface area contributed by atoms with Gasteiger partial charge in [0.15, 0.2) is 0 Å². The number of halogens is 3. The fourth-order valence-electron chi connectivity index (χ4n) is 2.86. The van der Waals surface area contributed by atoms with Gasteiger partial charge in [-0.2, -0.15) is 0 Å². The number of nitrogens with zero attached hydrogens (tertiary/aromatic N) is 3. The molecule has 0 bridgehead atoms. The molecule has 0 aliphatic heterocycles. The van der Waals surface area contributed by atoms with Gasteiger partial charge in [0.2, 0.25) is 21.1 Å². The largest absolute Gasteiger partial charge is 0.299 e. The summed E-state index contributed by atoms with van der Waals surface area (Å²) in [5, 5.41) is 12.6. The predicted octanol–water partition coefficient (Wildman–Crippen LogP) is 5.35. The zero-order chi connectivity index (χ0) is 22.8. The number of carbonyl (C=O) groups is 1. The molecule has 0 saturated heterocycles. The summed E-state index contributed by atoms with van der Waals surface area (Å²) in [5.41, 5.74) is 0.913. The number of rotatable bonds is 7. The third-order valence-electron chi connectivity index (χ3n) is 4.22. The molecule has 1 heterocycles. The highest BCUT2D eigenvalue weighted by Crippen LogP contribution is 2.33. The van der Waals surface area contributed by atoms with Crippen LogP contribution < -0.4 is 9.62 Å². The fraction of sp³-hybridized carbons (Fsp3) is 0.211. The number of anilines is 2. The quantitative estimate of drug-likeness (QED) is 0.454. The lowest BCUT2D eigenvalue weighted by atomic mass is 10.2. The minimum atomic E-state index is -3.86. The lowest BCUT2D eigenvalue weighted by Gasteiger charge is -2.30. The highest BCUT2D eigenvalue weighted by molar-refractivity contribution is 7.92. The first-order chi connectivity index (χ1) is 14.6. The first-order valence-corrected chi connectivity index (χ1v) is 12.7. The molecule has 0 aliphatic rings. The summed E-state index contributed by atoms with van der Waals surface area (Å²) < 4.78 is 26.1. The van der Waals surface area contributed by atoms with Crippen LogP contribution in [-0.4, -0.2) is 36.8 Å². The van der Waals surface area contributed by atoms with Gasteiger partial charge in [-0.1, -0.05) is 65.2 Å². The molecule has 0 fully saturated rings. The maximum atomic E-state index is 13.0. The van der Waals surface area contributed by atoms with Crippen LogP contribution >= 0.6 is 46.1 Å². The van der Waals surface area contributed by atoms with Crippen molar-refractivity contribution >= 4 is 72.9 Å². The van der Waals surface area contributed by atoms with Crippen molar-refractivity contribution in [3.8, 4) is 10.6 Å². The second-order valence-electron chi connectivity index (χ2n) is 6.49. The molecule has 3 rings (SSSR count). The molecular formula is C19H17Cl3N4O3S2. The number of hydrogen-bond acceptors (Lipinski definition) is 6. The minimum absolute atomic E-state index is 0.123. The van der Waals surface area contributed by atoms with Crippen LogP contribution in [0.2, 0.25) is 15.1 Å². The Balaban J connectivity index is 1.89. The van der Waals surface area contributed by atoms with Crippen LogP contribution in [0.25, 0.3) is 10.6 Å². The molecule has 12 heteroatoms. The number of nitrogens with one attached hydrogen (secondary N) is 1. The molecule has 7 nitrogen and oxygen atoms in total. The Hall–Kier alpha value is -1.91. The standard InChI is InChI=1S/C19H17Cl3N4O3S2/c1-3-15(26(31(2,28)29)16-10-13(21)8-9-14(16)22)17(27)23-19-25-24-18(30-19)11-4-6-12(20)7-5-11/h4-10,15H,3H2,1-2H3,(H,23,25,27). The van der Waals surface area contributed by atoms with E-state index in [9.17, 15) is 13.2 Å². The third kappa shape index (κ3) is 5.67. The highest BCUT2D eigenvalue weighted by atomic mass is 35.5. The summed E-state index contributed by atoms with van der Waals surface area (Å²) >= 11 is 19.3. The molecule has 164 valence electrons. The Kier molecular flexibility index (Phi) is 7.43. The fourth-order valence-corrected chi connectivity index (χ4v) is 5.38. The number of sulfonamides is 1. The number of hydrogen-bond donors (Lipinski definition) is 1. The van der Waals surface area contributed by atoms with Crippen LogP contribution in [0.4, 0.5) is 10.8 Å². The van der Waals surface area contributed by atoms with Gasteiger partial charge < -0.3 is 0 Å². The number of amides is 1. The normalized spacial score (nSPS) is 12.4. The Morgan fingerprint density at radius 3 is 2.35 bits per heavy atom. The summed E-state index contributed by atoms with van der Waals surface area (Å²) in [4.78, 5) is 13.0. The molecule has 1 atom stereocenters. The van der Waals surface area contributed by atoms with E-state index in [1.807, 2.05) is 0 Å². The minimum Gasteiger partial charge on any atom is -0.299 e. The summed E-state index contributed by atoms with van der Waals surface area (Å²) in [7, 11) is -3.86. The molecule has 0 saturated carbocycles. The first-order valence-electron chi connectivity index (χ1n) is 8.95. The Morgan fingerprint density at radius 1 is 1.10 bits per heavy atom. The van der Waals surface area contributed by atoms with Gasteiger partial charge in [-0.05, 0) is 36.8 Å². The number of benzene rings is 2. The Labute approximate surface area is 199 Å². The van der Waals surface area contributed by atoms with E-state index in [0.717, 1.165) is 27.5 Å². The van der Waals surface area contributed by atoms with Crippen LogP contribution in [0.3, 0.4) is 0 Å².